The van der Waals surface area contributed by atoms with Gasteiger partial charge in [0.15, 0.2) is 0 Å². The van der Waals surface area contributed by atoms with Crippen molar-refractivity contribution in [3.8, 4) is 0 Å². The van der Waals surface area contributed by atoms with Crippen LogP contribution in [-0.4, -0.2) is 34.5 Å². The Bertz CT molecular complexity index is 240. The van der Waals surface area contributed by atoms with Gasteiger partial charge in [0, 0.05) is 12.8 Å². The summed E-state index contributed by atoms with van der Waals surface area (Å²) in [5.74, 6) is 0. The molecule has 1 rings (SSSR count). The lowest BCUT2D eigenvalue weighted by Gasteiger charge is -2.31. The Morgan fingerprint density at radius 2 is 2.29 bits per heavy atom. The summed E-state index contributed by atoms with van der Waals surface area (Å²) in [6.07, 6.45) is 3.86. The van der Waals surface area contributed by atoms with Gasteiger partial charge in [-0.25, -0.2) is 0 Å². The Balaban J connectivity index is 2.65. The normalized spacial score (nSPS) is 23.4. The van der Waals surface area contributed by atoms with Gasteiger partial charge in [-0.3, -0.25) is 5.01 Å². The van der Waals surface area contributed by atoms with E-state index >= 15 is 0 Å². The Kier molecular flexibility index (Phi) is 3.32. The number of hydrogen-bond acceptors (Lipinski definition) is 3. The molecule has 1 N–H and O–H groups in total. The number of allylic oxidation sites excluding steroid dienone is 1. The van der Waals surface area contributed by atoms with E-state index in [1.54, 1.807) is 6.21 Å². The van der Waals surface area contributed by atoms with Gasteiger partial charge in [-0.15, -0.1) is 0 Å². The first-order valence-corrected chi connectivity index (χ1v) is 5.10. The fraction of sp³-hybridized carbons (Fsp3) is 0.727. The molecule has 3 nitrogen and oxygen atoms in total. The minimum Gasteiger partial charge on any atom is -0.388 e. The number of rotatable bonds is 3. The van der Waals surface area contributed by atoms with Crippen molar-refractivity contribution in [2.75, 3.05) is 6.54 Å². The molecule has 1 aliphatic heterocycles. The zero-order valence-corrected chi connectivity index (χ0v) is 9.32. The summed E-state index contributed by atoms with van der Waals surface area (Å²) in [6, 6.07) is 0.137. The van der Waals surface area contributed by atoms with E-state index in [0.717, 1.165) is 25.0 Å². The van der Waals surface area contributed by atoms with Crippen LogP contribution in [0, 0.1) is 0 Å². The van der Waals surface area contributed by atoms with Crippen LogP contribution < -0.4 is 0 Å². The highest BCUT2D eigenvalue weighted by atomic mass is 16.3. The van der Waals surface area contributed by atoms with Crippen LogP contribution in [0.5, 0.6) is 0 Å². The van der Waals surface area contributed by atoms with Gasteiger partial charge in [0.1, 0.15) is 0 Å². The van der Waals surface area contributed by atoms with E-state index in [1.165, 1.54) is 0 Å². The number of hydrogen-bond donors (Lipinski definition) is 1. The van der Waals surface area contributed by atoms with Crippen molar-refractivity contribution in [1.29, 1.82) is 0 Å². The lowest BCUT2D eigenvalue weighted by atomic mass is 9.97. The molecule has 0 saturated carbocycles. The Hall–Kier alpha value is -0.830. The van der Waals surface area contributed by atoms with E-state index in [1.807, 2.05) is 25.8 Å². The predicted octanol–water partition coefficient (Wildman–Crippen LogP) is 1.78. The molecule has 1 aliphatic rings. The zero-order valence-electron chi connectivity index (χ0n) is 9.32. The van der Waals surface area contributed by atoms with Crippen LogP contribution >= 0.6 is 0 Å². The Labute approximate surface area is 86.1 Å². The van der Waals surface area contributed by atoms with Gasteiger partial charge in [-0.1, -0.05) is 6.58 Å². The Morgan fingerprint density at radius 1 is 1.64 bits per heavy atom. The summed E-state index contributed by atoms with van der Waals surface area (Å²) >= 11 is 0. The molecule has 14 heavy (non-hydrogen) atoms. The van der Waals surface area contributed by atoms with Gasteiger partial charge in [0.05, 0.1) is 11.6 Å². The highest BCUT2D eigenvalue weighted by molar-refractivity contribution is 5.76. The van der Waals surface area contributed by atoms with Gasteiger partial charge in [0.2, 0.25) is 0 Å². The molecule has 0 amide bonds. The molecule has 80 valence electrons. The average Bonchev–Trinajstić information content (AvgIpc) is 2.46. The first-order valence-electron chi connectivity index (χ1n) is 5.10. The first-order chi connectivity index (χ1) is 6.41. The van der Waals surface area contributed by atoms with E-state index in [2.05, 4.69) is 11.7 Å². The fourth-order valence-corrected chi connectivity index (χ4v) is 1.78. The molecule has 0 aliphatic carbocycles. The van der Waals surface area contributed by atoms with Gasteiger partial charge >= 0.3 is 0 Å². The molecule has 1 fully saturated rings. The lowest BCUT2D eigenvalue weighted by molar-refractivity contribution is -0.00127. The van der Waals surface area contributed by atoms with Crippen LogP contribution in [0.15, 0.2) is 17.3 Å². The second-order valence-corrected chi connectivity index (χ2v) is 4.57. The molecule has 0 aromatic carbocycles. The summed E-state index contributed by atoms with van der Waals surface area (Å²) in [5.41, 5.74) is 0.259. The van der Waals surface area contributed by atoms with E-state index in [9.17, 15) is 5.11 Å². The van der Waals surface area contributed by atoms with Crippen LogP contribution in [0.2, 0.25) is 0 Å². The predicted molar refractivity (Wildman–Crippen MR) is 59.3 cm³/mol. The second kappa shape index (κ2) is 4.13. The molecule has 0 radical (unpaired) electrons. The van der Waals surface area contributed by atoms with Crippen molar-refractivity contribution in [1.82, 2.24) is 5.01 Å². The molecule has 1 saturated heterocycles. The summed E-state index contributed by atoms with van der Waals surface area (Å²) in [5, 5.41) is 16.2. The molecule has 0 aromatic heterocycles. The number of hydrazone groups is 1. The van der Waals surface area contributed by atoms with Crippen LogP contribution in [0.3, 0.4) is 0 Å². The van der Waals surface area contributed by atoms with E-state index in [4.69, 9.17) is 0 Å². The van der Waals surface area contributed by atoms with Crippen molar-refractivity contribution in [3.05, 3.63) is 12.2 Å². The minimum atomic E-state index is -0.678. The Morgan fingerprint density at radius 3 is 2.79 bits per heavy atom. The monoisotopic (exact) mass is 196 g/mol. The highest BCUT2D eigenvalue weighted by Gasteiger charge is 2.35. The van der Waals surface area contributed by atoms with Crippen molar-refractivity contribution < 1.29 is 5.11 Å². The zero-order chi connectivity index (χ0) is 10.8. The maximum atomic E-state index is 9.92. The molecule has 3 heteroatoms. The van der Waals surface area contributed by atoms with Crippen LogP contribution in [0.4, 0.5) is 0 Å². The van der Waals surface area contributed by atoms with E-state index in [0.29, 0.717) is 0 Å². The molecular formula is C11H20N2O. The summed E-state index contributed by atoms with van der Waals surface area (Å²) in [4.78, 5) is 0. The van der Waals surface area contributed by atoms with Gasteiger partial charge in [-0.2, -0.15) is 5.10 Å². The van der Waals surface area contributed by atoms with Gasteiger partial charge in [0.25, 0.3) is 0 Å². The van der Waals surface area contributed by atoms with Gasteiger partial charge < -0.3 is 5.11 Å². The third-order valence-corrected chi connectivity index (χ3v) is 2.47. The molecule has 0 aromatic rings. The van der Waals surface area contributed by atoms with Crippen molar-refractivity contribution in [3.63, 3.8) is 0 Å². The summed E-state index contributed by atoms with van der Waals surface area (Å²) in [7, 11) is 0. The van der Waals surface area contributed by atoms with Crippen molar-refractivity contribution in [2.45, 2.75) is 45.3 Å². The smallest absolute Gasteiger partial charge is 0.0810 e. The van der Waals surface area contributed by atoms with Crippen molar-refractivity contribution >= 4 is 6.21 Å². The SMILES string of the molecule is C=C(C)/C=N/N1CCC[C@H]1C(C)(C)O. The number of aliphatic hydroxyl groups is 1. The van der Waals surface area contributed by atoms with Crippen LogP contribution in [0.25, 0.3) is 0 Å². The third-order valence-electron chi connectivity index (χ3n) is 2.47. The minimum absolute atomic E-state index is 0.137. The third kappa shape index (κ3) is 2.84. The topological polar surface area (TPSA) is 35.8 Å². The van der Waals surface area contributed by atoms with Gasteiger partial charge in [-0.05, 0) is 39.2 Å². The molecule has 1 atom stereocenters. The maximum Gasteiger partial charge on any atom is 0.0810 e. The first kappa shape index (κ1) is 11.2. The standard InChI is InChI=1S/C11H20N2O/c1-9(2)8-12-13-7-5-6-10(13)11(3,4)14/h8,10,14H,1,5-7H2,2-4H3/b12-8+/t10-/m0/s1. The van der Waals surface area contributed by atoms with Crippen molar-refractivity contribution in [2.24, 2.45) is 5.10 Å². The average molecular weight is 196 g/mol. The molecule has 0 spiro atoms. The molecular weight excluding hydrogens is 176 g/mol. The molecule has 0 unspecified atom stereocenters. The highest BCUT2D eigenvalue weighted by Crippen LogP contribution is 2.26. The molecule has 0 bridgehead atoms. The van der Waals surface area contributed by atoms with E-state index < -0.39 is 5.60 Å². The summed E-state index contributed by atoms with van der Waals surface area (Å²) in [6.45, 7) is 10.3. The lowest BCUT2D eigenvalue weighted by Crippen LogP contribution is -2.43. The van der Waals surface area contributed by atoms with Crippen LogP contribution in [0.1, 0.15) is 33.6 Å². The second-order valence-electron chi connectivity index (χ2n) is 4.57. The largest absolute Gasteiger partial charge is 0.388 e. The molecule has 1 heterocycles. The maximum absolute atomic E-state index is 9.92. The number of nitrogens with zero attached hydrogens (tertiary/aromatic N) is 2. The fourth-order valence-electron chi connectivity index (χ4n) is 1.78. The van der Waals surface area contributed by atoms with Crippen LogP contribution in [-0.2, 0) is 0 Å². The quantitative estimate of drug-likeness (QED) is 0.698. The van der Waals surface area contributed by atoms with E-state index in [-0.39, 0.29) is 6.04 Å². The summed E-state index contributed by atoms with van der Waals surface area (Å²) < 4.78 is 0.